The SMILES string of the molecule is CCS(=O)(=O)c1ccc(CNC(=O)N2CC3(CCCC3)c3nc(-c4cnc(C)nc4C)ccc32)cc1. The van der Waals surface area contributed by atoms with Crippen LogP contribution in [0, 0.1) is 13.8 Å². The normalized spacial score (nSPS) is 16.4. The van der Waals surface area contributed by atoms with Crippen LogP contribution in [0.5, 0.6) is 0 Å². The van der Waals surface area contributed by atoms with E-state index in [1.807, 2.05) is 37.1 Å². The van der Waals surface area contributed by atoms with Gasteiger partial charge in [-0.1, -0.05) is 31.9 Å². The molecule has 3 aromatic rings. The summed E-state index contributed by atoms with van der Waals surface area (Å²) in [5.41, 5.74) is 5.19. The summed E-state index contributed by atoms with van der Waals surface area (Å²) >= 11 is 0. The highest BCUT2D eigenvalue weighted by atomic mass is 32.2. The van der Waals surface area contributed by atoms with Gasteiger partial charge in [-0.2, -0.15) is 0 Å². The lowest BCUT2D eigenvalue weighted by Crippen LogP contribution is -2.41. The Bertz CT molecular complexity index is 1410. The molecule has 2 amide bonds. The van der Waals surface area contributed by atoms with E-state index in [4.69, 9.17) is 4.98 Å². The fraction of sp³-hybridized carbons (Fsp3) is 0.407. The molecule has 36 heavy (non-hydrogen) atoms. The summed E-state index contributed by atoms with van der Waals surface area (Å²) in [7, 11) is -3.24. The van der Waals surface area contributed by atoms with Gasteiger partial charge in [0.1, 0.15) is 5.82 Å². The number of anilines is 1. The van der Waals surface area contributed by atoms with Gasteiger partial charge in [0.2, 0.25) is 0 Å². The highest BCUT2D eigenvalue weighted by Crippen LogP contribution is 2.50. The van der Waals surface area contributed by atoms with E-state index in [2.05, 4.69) is 15.3 Å². The van der Waals surface area contributed by atoms with Crippen molar-refractivity contribution in [2.45, 2.75) is 63.3 Å². The van der Waals surface area contributed by atoms with Crippen molar-refractivity contribution < 1.29 is 13.2 Å². The van der Waals surface area contributed by atoms with Crippen LogP contribution in [0.1, 0.15) is 55.4 Å². The van der Waals surface area contributed by atoms with Crippen LogP contribution >= 0.6 is 0 Å². The number of hydrogen-bond donors (Lipinski definition) is 1. The van der Waals surface area contributed by atoms with Crippen LogP contribution in [0.4, 0.5) is 10.5 Å². The minimum absolute atomic E-state index is 0.0610. The lowest BCUT2D eigenvalue weighted by Gasteiger charge is -2.24. The highest BCUT2D eigenvalue weighted by Gasteiger charge is 2.47. The quantitative estimate of drug-likeness (QED) is 0.548. The molecule has 0 saturated heterocycles. The standard InChI is InChI=1S/C27H31N5O3S/c1-4-36(34,35)21-9-7-20(8-10-21)15-29-26(33)32-17-27(13-5-6-14-27)25-24(32)12-11-23(31-25)22-16-28-19(3)30-18(22)2/h7-12,16H,4-6,13-15,17H2,1-3H3,(H,29,33). The fourth-order valence-electron chi connectivity index (χ4n) is 5.39. The van der Waals surface area contributed by atoms with Crippen molar-refractivity contribution in [1.29, 1.82) is 0 Å². The second kappa shape index (κ2) is 9.28. The van der Waals surface area contributed by atoms with Gasteiger partial charge >= 0.3 is 6.03 Å². The third kappa shape index (κ3) is 4.36. The number of aryl methyl sites for hydroxylation is 2. The second-order valence-electron chi connectivity index (χ2n) is 9.76. The Balaban J connectivity index is 1.38. The predicted octanol–water partition coefficient (Wildman–Crippen LogP) is 4.49. The number of carbonyl (C=O) groups is 1. The van der Waals surface area contributed by atoms with Crippen molar-refractivity contribution in [2.75, 3.05) is 17.2 Å². The average molecular weight is 506 g/mol. The first-order valence-electron chi connectivity index (χ1n) is 12.4. The molecule has 3 heterocycles. The number of nitrogens with zero attached hydrogens (tertiary/aromatic N) is 4. The molecule has 1 saturated carbocycles. The average Bonchev–Trinajstić information content (AvgIpc) is 3.48. The summed E-state index contributed by atoms with van der Waals surface area (Å²) in [6, 6.07) is 10.5. The maximum absolute atomic E-state index is 13.3. The molecule has 0 radical (unpaired) electrons. The predicted molar refractivity (Wildman–Crippen MR) is 139 cm³/mol. The minimum atomic E-state index is -3.24. The zero-order valence-electron chi connectivity index (χ0n) is 20.9. The zero-order chi connectivity index (χ0) is 25.5. The van der Waals surface area contributed by atoms with Crippen LogP contribution in [0.3, 0.4) is 0 Å². The van der Waals surface area contributed by atoms with E-state index in [0.717, 1.165) is 65.4 Å². The molecular formula is C27H31N5O3S. The Morgan fingerprint density at radius 1 is 1.06 bits per heavy atom. The molecule has 2 aromatic heterocycles. The van der Waals surface area contributed by atoms with E-state index in [9.17, 15) is 13.2 Å². The van der Waals surface area contributed by atoms with Crippen LogP contribution in [-0.4, -0.2) is 41.7 Å². The molecule has 188 valence electrons. The van der Waals surface area contributed by atoms with E-state index in [0.29, 0.717) is 18.0 Å². The lowest BCUT2D eigenvalue weighted by atomic mass is 9.84. The molecule has 5 rings (SSSR count). The number of pyridine rings is 1. The first-order valence-corrected chi connectivity index (χ1v) is 14.1. The topological polar surface area (TPSA) is 105 Å². The number of rotatable bonds is 5. The Labute approximate surface area is 212 Å². The van der Waals surface area contributed by atoms with E-state index in [1.165, 1.54) is 0 Å². The number of fused-ring (bicyclic) bond motifs is 2. The summed E-state index contributed by atoms with van der Waals surface area (Å²) in [6.07, 6.45) is 6.10. The summed E-state index contributed by atoms with van der Waals surface area (Å²) < 4.78 is 24.1. The van der Waals surface area contributed by atoms with Gasteiger partial charge in [0, 0.05) is 30.3 Å². The molecule has 8 nitrogen and oxygen atoms in total. The summed E-state index contributed by atoms with van der Waals surface area (Å²) in [5.74, 6) is 0.792. The largest absolute Gasteiger partial charge is 0.334 e. The molecule has 0 atom stereocenters. The third-order valence-corrected chi connectivity index (χ3v) is 9.17. The van der Waals surface area contributed by atoms with Crippen molar-refractivity contribution >= 4 is 21.6 Å². The van der Waals surface area contributed by atoms with E-state index in [-0.39, 0.29) is 17.2 Å². The molecule has 1 aliphatic carbocycles. The van der Waals surface area contributed by atoms with Crippen LogP contribution in [0.15, 0.2) is 47.5 Å². The van der Waals surface area contributed by atoms with Gasteiger partial charge in [0.15, 0.2) is 9.84 Å². The number of urea groups is 1. The summed E-state index contributed by atoms with van der Waals surface area (Å²) in [6.45, 7) is 6.39. The summed E-state index contributed by atoms with van der Waals surface area (Å²) in [4.78, 5) is 29.4. The second-order valence-corrected chi connectivity index (χ2v) is 12.0. The van der Waals surface area contributed by atoms with Gasteiger partial charge < -0.3 is 5.32 Å². The van der Waals surface area contributed by atoms with Gasteiger partial charge in [-0.3, -0.25) is 4.90 Å². The number of carbonyl (C=O) groups excluding carboxylic acids is 1. The Hall–Kier alpha value is -3.33. The van der Waals surface area contributed by atoms with E-state index >= 15 is 0 Å². The van der Waals surface area contributed by atoms with Gasteiger partial charge in [-0.25, -0.2) is 28.2 Å². The number of amides is 2. The molecule has 0 unspecified atom stereocenters. The molecule has 1 aromatic carbocycles. The smallest absolute Gasteiger partial charge is 0.322 e. The van der Waals surface area contributed by atoms with Crippen molar-refractivity contribution in [3.63, 3.8) is 0 Å². The first-order chi connectivity index (χ1) is 17.2. The third-order valence-electron chi connectivity index (χ3n) is 7.42. The van der Waals surface area contributed by atoms with E-state index in [1.54, 1.807) is 31.2 Å². The van der Waals surface area contributed by atoms with Crippen LogP contribution in [0.2, 0.25) is 0 Å². The Morgan fingerprint density at radius 3 is 2.44 bits per heavy atom. The molecular weight excluding hydrogens is 474 g/mol. The van der Waals surface area contributed by atoms with Gasteiger partial charge in [-0.15, -0.1) is 0 Å². The molecule has 1 N–H and O–H groups in total. The lowest BCUT2D eigenvalue weighted by molar-refractivity contribution is 0.245. The summed E-state index contributed by atoms with van der Waals surface area (Å²) in [5, 5.41) is 3.01. The molecule has 1 aliphatic heterocycles. The molecule has 9 heteroatoms. The van der Waals surface area contributed by atoms with Crippen molar-refractivity contribution in [2.24, 2.45) is 0 Å². The number of nitrogens with one attached hydrogen (secondary N) is 1. The zero-order valence-corrected chi connectivity index (χ0v) is 21.7. The molecule has 1 fully saturated rings. The molecule has 2 aliphatic rings. The maximum Gasteiger partial charge on any atom is 0.322 e. The maximum atomic E-state index is 13.3. The molecule has 1 spiro atoms. The Morgan fingerprint density at radius 2 is 1.78 bits per heavy atom. The number of sulfone groups is 1. The van der Waals surface area contributed by atoms with Gasteiger partial charge in [-0.05, 0) is 56.5 Å². The van der Waals surface area contributed by atoms with Gasteiger partial charge in [0.05, 0.1) is 33.4 Å². The van der Waals surface area contributed by atoms with Crippen LogP contribution < -0.4 is 10.2 Å². The number of hydrogen-bond acceptors (Lipinski definition) is 6. The first kappa shape index (κ1) is 24.4. The van der Waals surface area contributed by atoms with Crippen molar-refractivity contribution in [3.05, 3.63) is 65.4 Å². The fourth-order valence-corrected chi connectivity index (χ4v) is 6.27. The van der Waals surface area contributed by atoms with Crippen LogP contribution in [-0.2, 0) is 21.8 Å². The van der Waals surface area contributed by atoms with E-state index < -0.39 is 9.84 Å². The number of benzene rings is 1. The monoisotopic (exact) mass is 505 g/mol. The van der Waals surface area contributed by atoms with Crippen LogP contribution in [0.25, 0.3) is 11.3 Å². The van der Waals surface area contributed by atoms with Crippen molar-refractivity contribution in [3.8, 4) is 11.3 Å². The highest BCUT2D eigenvalue weighted by molar-refractivity contribution is 7.91. The number of aromatic nitrogens is 3. The van der Waals surface area contributed by atoms with Crippen molar-refractivity contribution in [1.82, 2.24) is 20.3 Å². The Kier molecular flexibility index (Phi) is 6.28. The molecule has 0 bridgehead atoms. The minimum Gasteiger partial charge on any atom is -0.334 e. The van der Waals surface area contributed by atoms with Gasteiger partial charge in [0.25, 0.3) is 0 Å².